The van der Waals surface area contributed by atoms with Crippen LogP contribution in [0.1, 0.15) is 18.9 Å². The predicted molar refractivity (Wildman–Crippen MR) is 102 cm³/mol. The van der Waals surface area contributed by atoms with Gasteiger partial charge in [-0.15, -0.1) is 0 Å². The van der Waals surface area contributed by atoms with Crippen LogP contribution in [0, 0.1) is 0 Å². The van der Waals surface area contributed by atoms with Crippen molar-refractivity contribution in [3.8, 4) is 11.5 Å². The molecule has 2 aromatic rings. The average molecular weight is 360 g/mol. The quantitative estimate of drug-likeness (QED) is 0.712. The minimum absolute atomic E-state index is 0.481. The fourth-order valence-corrected chi connectivity index (χ4v) is 4.21. The van der Waals surface area contributed by atoms with Crippen LogP contribution in [0.3, 0.4) is 0 Å². The lowest BCUT2D eigenvalue weighted by molar-refractivity contribution is -0.146. The van der Waals surface area contributed by atoms with Crippen LogP contribution in [0.25, 0.3) is 0 Å². The molecule has 1 fully saturated rings. The van der Waals surface area contributed by atoms with Crippen molar-refractivity contribution >= 4 is 19.2 Å². The van der Waals surface area contributed by atoms with E-state index in [1.165, 1.54) is 5.30 Å². The van der Waals surface area contributed by atoms with Gasteiger partial charge in [0.25, 0.3) is 0 Å². The van der Waals surface area contributed by atoms with Crippen molar-refractivity contribution in [2.45, 2.75) is 25.6 Å². The van der Waals surface area contributed by atoms with Gasteiger partial charge in [0, 0.05) is 6.42 Å². The van der Waals surface area contributed by atoms with Gasteiger partial charge in [0.2, 0.25) is 0 Å². The molecule has 134 valence electrons. The Bertz CT molecular complexity index is 671. The largest absolute Gasteiger partial charge is 0.496 e. The number of aryl methyl sites for hydroxylation is 1. The fourth-order valence-electron chi connectivity index (χ4n) is 2.97. The summed E-state index contributed by atoms with van der Waals surface area (Å²) in [4.78, 5) is 0. The second-order valence-electron chi connectivity index (χ2n) is 6.20. The van der Waals surface area contributed by atoms with Gasteiger partial charge in [0.15, 0.2) is 5.79 Å². The average Bonchev–Trinajstić information content (AvgIpc) is 3.08. The van der Waals surface area contributed by atoms with Gasteiger partial charge in [-0.05, 0) is 36.3 Å². The monoisotopic (exact) mass is 360 g/mol. The Morgan fingerprint density at radius 2 is 1.60 bits per heavy atom. The molecular weight excluding hydrogens is 335 g/mol. The molecule has 0 bridgehead atoms. The summed E-state index contributed by atoms with van der Waals surface area (Å²) in [6.07, 6.45) is 1.65. The number of methoxy groups -OCH3 is 2. The van der Waals surface area contributed by atoms with E-state index in [1.807, 2.05) is 13.0 Å². The van der Waals surface area contributed by atoms with E-state index < -0.39 is 5.79 Å². The maximum absolute atomic E-state index is 5.69. The maximum Gasteiger partial charge on any atom is 0.166 e. The van der Waals surface area contributed by atoms with Crippen molar-refractivity contribution in [3.63, 3.8) is 0 Å². The van der Waals surface area contributed by atoms with E-state index in [-0.39, 0.29) is 0 Å². The third-order valence-corrected chi connectivity index (χ3v) is 5.74. The Hall–Kier alpha value is -1.61. The highest BCUT2D eigenvalue weighted by Crippen LogP contribution is 2.31. The van der Waals surface area contributed by atoms with E-state index in [9.17, 15) is 0 Å². The van der Waals surface area contributed by atoms with Gasteiger partial charge in [-0.2, -0.15) is 0 Å². The highest BCUT2D eigenvalue weighted by molar-refractivity contribution is 7.56. The van der Waals surface area contributed by atoms with Gasteiger partial charge in [0.1, 0.15) is 11.5 Å². The predicted octanol–water partition coefficient (Wildman–Crippen LogP) is 3.03. The second kappa shape index (κ2) is 8.18. The van der Waals surface area contributed by atoms with Crippen molar-refractivity contribution in [1.29, 1.82) is 0 Å². The first-order valence-electron chi connectivity index (χ1n) is 8.48. The van der Waals surface area contributed by atoms with Crippen molar-refractivity contribution in [2.24, 2.45) is 0 Å². The van der Waals surface area contributed by atoms with E-state index in [4.69, 9.17) is 18.9 Å². The van der Waals surface area contributed by atoms with Crippen molar-refractivity contribution in [3.05, 3.63) is 48.0 Å². The molecule has 0 amide bonds. The SMILES string of the molecule is COc1cc(CCC2(C)OCCO2)cc(OC)c1Pc1ccccc1. The highest BCUT2D eigenvalue weighted by Gasteiger charge is 2.30. The van der Waals surface area contributed by atoms with Crippen LogP contribution in [0.2, 0.25) is 0 Å². The summed E-state index contributed by atoms with van der Waals surface area (Å²) in [6, 6.07) is 14.6. The normalized spacial score (nSPS) is 16.4. The molecular formula is C20H25O4P. The van der Waals surface area contributed by atoms with Crippen molar-refractivity contribution in [1.82, 2.24) is 0 Å². The van der Waals surface area contributed by atoms with E-state index in [0.717, 1.165) is 35.2 Å². The molecule has 1 unspecified atom stereocenters. The standard InChI is InChI=1S/C20H25O4P/c1-20(23-11-12-24-20)10-9-15-13-17(21-2)19(18(14-15)22-3)25-16-7-5-4-6-8-16/h4-8,13-14,25H,9-12H2,1-3H3. The molecule has 0 saturated carbocycles. The Morgan fingerprint density at radius 1 is 1.00 bits per heavy atom. The summed E-state index contributed by atoms with van der Waals surface area (Å²) in [7, 11) is 3.91. The lowest BCUT2D eigenvalue weighted by Crippen LogP contribution is -2.26. The summed E-state index contributed by atoms with van der Waals surface area (Å²) < 4.78 is 22.7. The first kappa shape index (κ1) is 18.2. The molecule has 5 heteroatoms. The minimum Gasteiger partial charge on any atom is -0.496 e. The zero-order chi connectivity index (χ0) is 17.7. The topological polar surface area (TPSA) is 36.9 Å². The second-order valence-corrected chi connectivity index (χ2v) is 7.52. The molecule has 1 saturated heterocycles. The van der Waals surface area contributed by atoms with Gasteiger partial charge in [0.05, 0.1) is 32.7 Å². The van der Waals surface area contributed by atoms with Crippen molar-refractivity contribution in [2.75, 3.05) is 27.4 Å². The molecule has 1 atom stereocenters. The Balaban J connectivity index is 1.82. The summed E-state index contributed by atoms with van der Waals surface area (Å²) >= 11 is 0. The lowest BCUT2D eigenvalue weighted by Gasteiger charge is -2.22. The van der Waals surface area contributed by atoms with Crippen LogP contribution in [0.15, 0.2) is 42.5 Å². The summed E-state index contributed by atoms with van der Waals surface area (Å²) in [5.41, 5.74) is 1.16. The number of rotatable bonds is 7. The first-order chi connectivity index (χ1) is 12.1. The molecule has 1 aliphatic heterocycles. The molecule has 1 heterocycles. The van der Waals surface area contributed by atoms with E-state index in [1.54, 1.807) is 14.2 Å². The molecule has 3 rings (SSSR count). The van der Waals surface area contributed by atoms with E-state index >= 15 is 0 Å². The van der Waals surface area contributed by atoms with E-state index in [0.29, 0.717) is 21.8 Å². The number of hydrogen-bond donors (Lipinski definition) is 0. The number of benzene rings is 2. The highest BCUT2D eigenvalue weighted by atomic mass is 31.1. The number of hydrogen-bond acceptors (Lipinski definition) is 4. The minimum atomic E-state index is -0.481. The summed E-state index contributed by atoms with van der Waals surface area (Å²) in [6.45, 7) is 3.33. The zero-order valence-corrected chi connectivity index (χ0v) is 16.0. The Labute approximate surface area is 151 Å². The van der Waals surface area contributed by atoms with Crippen LogP contribution in [-0.2, 0) is 15.9 Å². The lowest BCUT2D eigenvalue weighted by atomic mass is 10.0. The van der Waals surface area contributed by atoms with E-state index in [2.05, 4.69) is 36.4 Å². The molecule has 0 aromatic heterocycles. The van der Waals surface area contributed by atoms with Crippen LogP contribution < -0.4 is 20.1 Å². The molecule has 1 aliphatic rings. The molecule has 4 nitrogen and oxygen atoms in total. The Morgan fingerprint density at radius 3 is 2.16 bits per heavy atom. The number of ether oxygens (including phenoxy) is 4. The molecule has 0 spiro atoms. The summed E-state index contributed by atoms with van der Waals surface area (Å²) in [5.74, 6) is 1.26. The van der Waals surface area contributed by atoms with Gasteiger partial charge < -0.3 is 18.9 Å². The molecule has 0 radical (unpaired) electrons. The van der Waals surface area contributed by atoms with Crippen molar-refractivity contribution < 1.29 is 18.9 Å². The van der Waals surface area contributed by atoms with Crippen LogP contribution >= 0.6 is 8.58 Å². The Kier molecular flexibility index (Phi) is 5.95. The first-order valence-corrected chi connectivity index (χ1v) is 9.48. The van der Waals surface area contributed by atoms with Crippen LogP contribution in [0.4, 0.5) is 0 Å². The fraction of sp³-hybridized carbons (Fsp3) is 0.400. The van der Waals surface area contributed by atoms with Gasteiger partial charge >= 0.3 is 0 Å². The van der Waals surface area contributed by atoms with Gasteiger partial charge in [-0.3, -0.25) is 0 Å². The van der Waals surface area contributed by atoms with Crippen LogP contribution in [-0.4, -0.2) is 33.2 Å². The van der Waals surface area contributed by atoms with Gasteiger partial charge in [-0.25, -0.2) is 0 Å². The summed E-state index contributed by atoms with van der Waals surface area (Å²) in [5, 5.41) is 2.35. The third-order valence-electron chi connectivity index (χ3n) is 4.37. The third kappa shape index (κ3) is 4.52. The molecule has 0 aliphatic carbocycles. The molecule has 2 aromatic carbocycles. The van der Waals surface area contributed by atoms with Gasteiger partial charge in [-0.1, -0.05) is 38.9 Å². The van der Waals surface area contributed by atoms with Crippen LogP contribution in [0.5, 0.6) is 11.5 Å². The molecule has 0 N–H and O–H groups in total. The molecule has 25 heavy (non-hydrogen) atoms. The smallest absolute Gasteiger partial charge is 0.166 e. The maximum atomic E-state index is 5.69. The zero-order valence-electron chi connectivity index (χ0n) is 15.0.